The number of nitrogens with zero attached hydrogens (tertiary/aromatic N) is 3. The molecule has 0 amide bonds. The maximum Gasteiger partial charge on any atom is 0.147 e. The van der Waals surface area contributed by atoms with Crippen LogP contribution in [0, 0.1) is 6.92 Å². The second kappa shape index (κ2) is 8.43. The third-order valence-electron chi connectivity index (χ3n) is 4.32. The number of rotatable bonds is 10. The first-order valence-corrected chi connectivity index (χ1v) is 8.41. The van der Waals surface area contributed by atoms with Crippen LogP contribution >= 0.6 is 0 Å². The van der Waals surface area contributed by atoms with Gasteiger partial charge in [-0.05, 0) is 19.8 Å². The molecule has 0 spiro atoms. The Morgan fingerprint density at radius 2 is 1.50 bits per heavy atom. The molecule has 0 N–H and O–H groups in total. The van der Waals surface area contributed by atoms with E-state index in [9.17, 15) is 0 Å². The molecule has 0 saturated heterocycles. The fraction of sp³-hybridized carbons (Fsp3) is 0.882. The Bertz CT molecular complexity index is 384. The Balaban J connectivity index is 2.74. The van der Waals surface area contributed by atoms with E-state index in [1.54, 1.807) is 0 Å². The van der Waals surface area contributed by atoms with Gasteiger partial charge in [0.1, 0.15) is 11.6 Å². The Labute approximate surface area is 125 Å². The molecule has 1 heterocycles. The average molecular weight is 279 g/mol. The second-order valence-electron chi connectivity index (χ2n) is 6.43. The monoisotopic (exact) mass is 279 g/mol. The van der Waals surface area contributed by atoms with E-state index < -0.39 is 0 Å². The summed E-state index contributed by atoms with van der Waals surface area (Å²) in [7, 11) is 2.04. The van der Waals surface area contributed by atoms with Crippen LogP contribution in [-0.2, 0) is 12.5 Å². The number of hydrogen-bond donors (Lipinski definition) is 0. The minimum atomic E-state index is 0.193. The summed E-state index contributed by atoms with van der Waals surface area (Å²) in [5.41, 5.74) is 0.193. The van der Waals surface area contributed by atoms with Crippen molar-refractivity contribution in [3.8, 4) is 0 Å². The van der Waals surface area contributed by atoms with Gasteiger partial charge in [0.2, 0.25) is 0 Å². The maximum absolute atomic E-state index is 4.71. The van der Waals surface area contributed by atoms with Crippen molar-refractivity contribution in [2.24, 2.45) is 7.05 Å². The van der Waals surface area contributed by atoms with E-state index in [0.29, 0.717) is 0 Å². The van der Waals surface area contributed by atoms with Crippen molar-refractivity contribution in [3.05, 3.63) is 11.6 Å². The highest BCUT2D eigenvalue weighted by Gasteiger charge is 2.30. The summed E-state index contributed by atoms with van der Waals surface area (Å²) in [6, 6.07) is 0. The number of hydrogen-bond acceptors (Lipinski definition) is 2. The molecule has 0 aliphatic heterocycles. The van der Waals surface area contributed by atoms with Gasteiger partial charge in [0.05, 0.1) is 0 Å². The lowest BCUT2D eigenvalue weighted by atomic mass is 9.79. The van der Waals surface area contributed by atoms with Gasteiger partial charge in [0.15, 0.2) is 0 Å². The SMILES string of the molecule is CCCCCCC(C)(CCCCC)c1nc(C)nn1C. The lowest BCUT2D eigenvalue weighted by Crippen LogP contribution is -2.26. The van der Waals surface area contributed by atoms with Gasteiger partial charge in [0, 0.05) is 12.5 Å². The highest BCUT2D eigenvalue weighted by atomic mass is 15.3. The molecule has 0 saturated carbocycles. The lowest BCUT2D eigenvalue weighted by Gasteiger charge is -2.28. The Hall–Kier alpha value is -0.860. The number of aromatic nitrogens is 3. The molecule has 3 heteroatoms. The quantitative estimate of drug-likeness (QED) is 0.568. The molecule has 3 nitrogen and oxygen atoms in total. The van der Waals surface area contributed by atoms with Gasteiger partial charge in [0.25, 0.3) is 0 Å². The van der Waals surface area contributed by atoms with Gasteiger partial charge in [-0.25, -0.2) is 4.98 Å². The predicted octanol–water partition coefficient (Wildman–Crippen LogP) is 4.93. The molecular weight excluding hydrogens is 246 g/mol. The van der Waals surface area contributed by atoms with Gasteiger partial charge < -0.3 is 0 Å². The first-order valence-electron chi connectivity index (χ1n) is 8.41. The number of aryl methyl sites for hydroxylation is 2. The van der Waals surface area contributed by atoms with E-state index in [1.165, 1.54) is 63.6 Å². The summed E-state index contributed by atoms with van der Waals surface area (Å²) in [6.07, 6.45) is 11.7. The first kappa shape index (κ1) is 17.2. The topological polar surface area (TPSA) is 30.7 Å². The molecule has 1 unspecified atom stereocenters. The largest absolute Gasteiger partial charge is 0.252 e. The molecule has 116 valence electrons. The summed E-state index contributed by atoms with van der Waals surface area (Å²) in [5, 5.41) is 4.46. The van der Waals surface area contributed by atoms with Gasteiger partial charge in [-0.15, -0.1) is 0 Å². The molecule has 20 heavy (non-hydrogen) atoms. The van der Waals surface area contributed by atoms with Crippen LogP contribution in [0.25, 0.3) is 0 Å². The average Bonchev–Trinajstić information content (AvgIpc) is 2.75. The van der Waals surface area contributed by atoms with E-state index in [4.69, 9.17) is 4.98 Å². The zero-order chi connectivity index (χ0) is 15.0. The first-order chi connectivity index (χ1) is 9.53. The highest BCUT2D eigenvalue weighted by Crippen LogP contribution is 2.34. The van der Waals surface area contributed by atoms with Crippen LogP contribution in [0.5, 0.6) is 0 Å². The van der Waals surface area contributed by atoms with Gasteiger partial charge in [-0.2, -0.15) is 5.10 Å². The minimum absolute atomic E-state index is 0.193. The van der Waals surface area contributed by atoms with Crippen molar-refractivity contribution >= 4 is 0 Å². The molecule has 0 aliphatic rings. The molecule has 1 aromatic heterocycles. The lowest BCUT2D eigenvalue weighted by molar-refractivity contribution is 0.335. The standard InChI is InChI=1S/C17H33N3/c1-6-8-10-12-14-17(4,13-11-9-7-2)16-18-15(3)19-20(16)5/h6-14H2,1-5H3. The maximum atomic E-state index is 4.71. The van der Waals surface area contributed by atoms with Crippen LogP contribution in [0.15, 0.2) is 0 Å². The summed E-state index contributed by atoms with van der Waals surface area (Å²) in [5.74, 6) is 2.08. The molecule has 0 radical (unpaired) electrons. The van der Waals surface area contributed by atoms with Gasteiger partial charge in [-0.1, -0.05) is 65.7 Å². The molecule has 0 bridgehead atoms. The van der Waals surface area contributed by atoms with E-state index >= 15 is 0 Å². The Morgan fingerprint density at radius 1 is 0.950 bits per heavy atom. The molecule has 1 rings (SSSR count). The third kappa shape index (κ3) is 4.92. The fourth-order valence-corrected chi connectivity index (χ4v) is 3.09. The Morgan fingerprint density at radius 3 is 2.00 bits per heavy atom. The van der Waals surface area contributed by atoms with Gasteiger partial charge >= 0.3 is 0 Å². The van der Waals surface area contributed by atoms with Crippen molar-refractivity contribution in [2.45, 2.75) is 90.9 Å². The third-order valence-corrected chi connectivity index (χ3v) is 4.32. The van der Waals surface area contributed by atoms with Crippen molar-refractivity contribution in [2.75, 3.05) is 0 Å². The van der Waals surface area contributed by atoms with Crippen LogP contribution in [0.4, 0.5) is 0 Å². The van der Waals surface area contributed by atoms with E-state index in [2.05, 4.69) is 25.9 Å². The molecule has 1 atom stereocenters. The van der Waals surface area contributed by atoms with Crippen LogP contribution in [0.1, 0.15) is 90.2 Å². The minimum Gasteiger partial charge on any atom is -0.252 e. The molecule has 0 aromatic carbocycles. The van der Waals surface area contributed by atoms with Crippen molar-refractivity contribution < 1.29 is 0 Å². The summed E-state index contributed by atoms with van der Waals surface area (Å²) >= 11 is 0. The van der Waals surface area contributed by atoms with E-state index in [0.717, 1.165) is 5.82 Å². The van der Waals surface area contributed by atoms with Gasteiger partial charge in [-0.3, -0.25) is 4.68 Å². The van der Waals surface area contributed by atoms with Crippen LogP contribution < -0.4 is 0 Å². The zero-order valence-electron chi connectivity index (χ0n) is 14.2. The highest BCUT2D eigenvalue weighted by molar-refractivity contribution is 5.07. The molecule has 0 aliphatic carbocycles. The summed E-state index contributed by atoms with van der Waals surface area (Å²) < 4.78 is 2.00. The molecular formula is C17H33N3. The summed E-state index contributed by atoms with van der Waals surface area (Å²) in [4.78, 5) is 4.71. The zero-order valence-corrected chi connectivity index (χ0v) is 14.2. The molecule has 0 fully saturated rings. The van der Waals surface area contributed by atoms with Crippen molar-refractivity contribution in [1.82, 2.24) is 14.8 Å². The Kier molecular flexibility index (Phi) is 7.25. The predicted molar refractivity (Wildman–Crippen MR) is 86.0 cm³/mol. The summed E-state index contributed by atoms with van der Waals surface area (Å²) in [6.45, 7) is 8.92. The smallest absolute Gasteiger partial charge is 0.147 e. The van der Waals surface area contributed by atoms with E-state index in [-0.39, 0.29) is 5.41 Å². The van der Waals surface area contributed by atoms with Crippen LogP contribution in [0.2, 0.25) is 0 Å². The van der Waals surface area contributed by atoms with Crippen molar-refractivity contribution in [3.63, 3.8) is 0 Å². The van der Waals surface area contributed by atoms with Crippen LogP contribution in [-0.4, -0.2) is 14.8 Å². The van der Waals surface area contributed by atoms with E-state index in [1.807, 2.05) is 18.7 Å². The molecule has 1 aromatic rings. The number of unbranched alkanes of at least 4 members (excludes halogenated alkanes) is 5. The van der Waals surface area contributed by atoms with Crippen molar-refractivity contribution in [1.29, 1.82) is 0 Å². The second-order valence-corrected chi connectivity index (χ2v) is 6.43. The van der Waals surface area contributed by atoms with Crippen LogP contribution in [0.3, 0.4) is 0 Å². The normalized spacial score (nSPS) is 14.4. The fourth-order valence-electron chi connectivity index (χ4n) is 3.09.